The van der Waals surface area contributed by atoms with Crippen LogP contribution in [-0.2, 0) is 4.74 Å². The van der Waals surface area contributed by atoms with Gasteiger partial charge in [-0.1, -0.05) is 26.0 Å². The lowest BCUT2D eigenvalue weighted by atomic mass is 10.0. The van der Waals surface area contributed by atoms with Gasteiger partial charge in [-0.3, -0.25) is 9.89 Å². The van der Waals surface area contributed by atoms with Crippen molar-refractivity contribution in [3.8, 4) is 0 Å². The van der Waals surface area contributed by atoms with E-state index in [1.54, 1.807) is 19.2 Å². The van der Waals surface area contributed by atoms with E-state index in [2.05, 4.69) is 34.4 Å². The number of nitrogens with one attached hydrogen (secondary N) is 2. The molecule has 1 aromatic rings. The average molecular weight is 336 g/mol. The molecule has 5 nitrogen and oxygen atoms in total. The number of halogens is 1. The van der Waals surface area contributed by atoms with Crippen molar-refractivity contribution in [2.45, 2.75) is 19.9 Å². The van der Waals surface area contributed by atoms with Crippen LogP contribution in [-0.4, -0.2) is 57.3 Å². The van der Waals surface area contributed by atoms with Gasteiger partial charge in [-0.15, -0.1) is 0 Å². The fraction of sp³-hybridized carbons (Fsp3) is 0.611. The molecule has 1 fully saturated rings. The van der Waals surface area contributed by atoms with Crippen molar-refractivity contribution >= 4 is 5.96 Å². The van der Waals surface area contributed by atoms with Gasteiger partial charge in [-0.05, 0) is 23.6 Å². The van der Waals surface area contributed by atoms with Crippen LogP contribution in [0.25, 0.3) is 0 Å². The minimum Gasteiger partial charge on any atom is -0.379 e. The number of aliphatic imine (C=N–C) groups is 1. The molecule has 0 bridgehead atoms. The number of rotatable bonds is 6. The summed E-state index contributed by atoms with van der Waals surface area (Å²) in [4.78, 5) is 6.60. The van der Waals surface area contributed by atoms with E-state index in [9.17, 15) is 4.39 Å². The molecule has 0 aromatic heterocycles. The highest BCUT2D eigenvalue weighted by Crippen LogP contribution is 2.22. The molecule has 0 spiro atoms. The highest BCUT2D eigenvalue weighted by molar-refractivity contribution is 5.79. The van der Waals surface area contributed by atoms with Gasteiger partial charge in [0.25, 0.3) is 0 Å². The first-order valence-corrected chi connectivity index (χ1v) is 8.62. The van der Waals surface area contributed by atoms with Crippen molar-refractivity contribution in [3.05, 3.63) is 35.6 Å². The van der Waals surface area contributed by atoms with E-state index in [0.29, 0.717) is 25.7 Å². The molecule has 0 radical (unpaired) electrons. The number of hydrogen-bond donors (Lipinski definition) is 2. The normalized spacial score (nSPS) is 17.8. The SMILES string of the molecule is CN=C(NCC(C)C)NCC(c1cccc(F)c1)N1CCOCC1. The second-order valence-corrected chi connectivity index (χ2v) is 6.45. The Balaban J connectivity index is 2.05. The molecule has 1 heterocycles. The van der Waals surface area contributed by atoms with Gasteiger partial charge in [-0.2, -0.15) is 0 Å². The van der Waals surface area contributed by atoms with Crippen LogP contribution in [0.15, 0.2) is 29.3 Å². The van der Waals surface area contributed by atoms with Gasteiger partial charge in [0, 0.05) is 33.2 Å². The summed E-state index contributed by atoms with van der Waals surface area (Å²) in [6.07, 6.45) is 0. The van der Waals surface area contributed by atoms with Crippen LogP contribution in [0.2, 0.25) is 0 Å². The predicted molar refractivity (Wildman–Crippen MR) is 95.7 cm³/mol. The first kappa shape index (κ1) is 18.7. The molecule has 1 aromatic carbocycles. The smallest absolute Gasteiger partial charge is 0.191 e. The van der Waals surface area contributed by atoms with Gasteiger partial charge in [-0.25, -0.2) is 4.39 Å². The standard InChI is InChI=1S/C18H29FN4O/c1-14(2)12-21-18(20-3)22-13-17(23-7-9-24-10-8-23)15-5-4-6-16(19)11-15/h4-6,11,14,17H,7-10,12-13H2,1-3H3,(H2,20,21,22). The lowest BCUT2D eigenvalue weighted by Crippen LogP contribution is -2.46. The molecular formula is C18H29FN4O. The molecule has 1 atom stereocenters. The molecule has 1 aliphatic rings. The maximum absolute atomic E-state index is 13.7. The van der Waals surface area contributed by atoms with Crippen LogP contribution in [0.1, 0.15) is 25.5 Å². The third-order valence-electron chi connectivity index (χ3n) is 4.08. The summed E-state index contributed by atoms with van der Waals surface area (Å²) in [5, 5.41) is 6.69. The third kappa shape index (κ3) is 5.76. The number of guanidine groups is 1. The number of ether oxygens (including phenoxy) is 1. The molecular weight excluding hydrogens is 307 g/mol. The summed E-state index contributed by atoms with van der Waals surface area (Å²) < 4.78 is 19.1. The molecule has 134 valence electrons. The van der Waals surface area contributed by atoms with Gasteiger partial charge in [0.15, 0.2) is 5.96 Å². The lowest BCUT2D eigenvalue weighted by Gasteiger charge is -2.35. The van der Waals surface area contributed by atoms with Gasteiger partial charge < -0.3 is 15.4 Å². The van der Waals surface area contributed by atoms with E-state index in [0.717, 1.165) is 31.2 Å². The minimum atomic E-state index is -0.201. The molecule has 0 aliphatic carbocycles. The second kappa shape index (κ2) is 9.59. The lowest BCUT2D eigenvalue weighted by molar-refractivity contribution is 0.0169. The largest absolute Gasteiger partial charge is 0.379 e. The highest BCUT2D eigenvalue weighted by atomic mass is 19.1. The van der Waals surface area contributed by atoms with E-state index < -0.39 is 0 Å². The summed E-state index contributed by atoms with van der Waals surface area (Å²) in [6, 6.07) is 6.93. The Bertz CT molecular complexity index is 530. The molecule has 1 aliphatic heterocycles. The number of benzene rings is 1. The Hall–Kier alpha value is -1.66. The van der Waals surface area contributed by atoms with Crippen LogP contribution in [0.5, 0.6) is 0 Å². The van der Waals surface area contributed by atoms with Crippen molar-refractivity contribution in [2.75, 3.05) is 46.4 Å². The first-order valence-electron chi connectivity index (χ1n) is 8.62. The second-order valence-electron chi connectivity index (χ2n) is 6.45. The maximum atomic E-state index is 13.7. The predicted octanol–water partition coefficient (Wildman–Crippen LogP) is 2.02. The van der Waals surface area contributed by atoms with E-state index >= 15 is 0 Å². The monoisotopic (exact) mass is 336 g/mol. The van der Waals surface area contributed by atoms with E-state index in [1.807, 2.05) is 6.07 Å². The van der Waals surface area contributed by atoms with E-state index in [1.165, 1.54) is 6.07 Å². The Morgan fingerprint density at radius 3 is 2.58 bits per heavy atom. The molecule has 0 amide bonds. The van der Waals surface area contributed by atoms with Crippen molar-refractivity contribution in [2.24, 2.45) is 10.9 Å². The van der Waals surface area contributed by atoms with Crippen LogP contribution in [0.3, 0.4) is 0 Å². The zero-order valence-electron chi connectivity index (χ0n) is 14.9. The number of hydrogen-bond acceptors (Lipinski definition) is 3. The van der Waals surface area contributed by atoms with Gasteiger partial charge >= 0.3 is 0 Å². The summed E-state index contributed by atoms with van der Waals surface area (Å²) in [7, 11) is 1.77. The number of nitrogens with zero attached hydrogens (tertiary/aromatic N) is 2. The number of morpholine rings is 1. The van der Waals surface area contributed by atoms with Crippen molar-refractivity contribution in [1.82, 2.24) is 15.5 Å². The topological polar surface area (TPSA) is 48.9 Å². The minimum absolute atomic E-state index is 0.0854. The molecule has 2 rings (SSSR count). The molecule has 0 saturated carbocycles. The van der Waals surface area contributed by atoms with Gasteiger partial charge in [0.05, 0.1) is 19.3 Å². The maximum Gasteiger partial charge on any atom is 0.191 e. The first-order chi connectivity index (χ1) is 11.6. The van der Waals surface area contributed by atoms with Crippen LogP contribution in [0.4, 0.5) is 4.39 Å². The van der Waals surface area contributed by atoms with Crippen LogP contribution >= 0.6 is 0 Å². The molecule has 1 saturated heterocycles. The molecule has 2 N–H and O–H groups in total. The Morgan fingerprint density at radius 2 is 1.96 bits per heavy atom. The average Bonchev–Trinajstić information content (AvgIpc) is 2.58. The van der Waals surface area contributed by atoms with Crippen molar-refractivity contribution in [3.63, 3.8) is 0 Å². The van der Waals surface area contributed by atoms with Crippen LogP contribution < -0.4 is 10.6 Å². The van der Waals surface area contributed by atoms with E-state index in [4.69, 9.17) is 4.74 Å². The Kier molecular flexibility index (Phi) is 7.46. The summed E-state index contributed by atoms with van der Waals surface area (Å²) >= 11 is 0. The Morgan fingerprint density at radius 1 is 1.25 bits per heavy atom. The summed E-state index contributed by atoms with van der Waals surface area (Å²) in [5.41, 5.74) is 0.976. The highest BCUT2D eigenvalue weighted by Gasteiger charge is 2.23. The van der Waals surface area contributed by atoms with Gasteiger partial charge in [0.2, 0.25) is 0 Å². The molecule has 6 heteroatoms. The van der Waals surface area contributed by atoms with Crippen molar-refractivity contribution in [1.29, 1.82) is 0 Å². The van der Waals surface area contributed by atoms with Crippen molar-refractivity contribution < 1.29 is 9.13 Å². The molecule has 24 heavy (non-hydrogen) atoms. The van der Waals surface area contributed by atoms with Gasteiger partial charge in [0.1, 0.15) is 5.82 Å². The summed E-state index contributed by atoms with van der Waals surface area (Å²) in [6.45, 7) is 8.97. The fourth-order valence-corrected chi connectivity index (χ4v) is 2.78. The van der Waals surface area contributed by atoms with E-state index in [-0.39, 0.29) is 11.9 Å². The third-order valence-corrected chi connectivity index (χ3v) is 4.08. The fourth-order valence-electron chi connectivity index (χ4n) is 2.78. The summed E-state index contributed by atoms with van der Waals surface area (Å²) in [5.74, 6) is 1.12. The zero-order valence-corrected chi connectivity index (χ0v) is 14.9. The molecule has 1 unspecified atom stereocenters. The zero-order chi connectivity index (χ0) is 17.4. The quantitative estimate of drug-likeness (QED) is 0.616. The Labute approximate surface area is 144 Å². The van der Waals surface area contributed by atoms with Crippen LogP contribution in [0, 0.1) is 11.7 Å².